The lowest BCUT2D eigenvalue weighted by Crippen LogP contribution is -2.59. The molecule has 5 heterocycles. The number of carbonyl (C=O) groups is 8. The van der Waals surface area contributed by atoms with Gasteiger partial charge in [-0.05, 0) is 96.2 Å². The summed E-state index contributed by atoms with van der Waals surface area (Å²) < 4.78 is 12.5. The number of carboxylic acid groups (broad SMARTS) is 1. The monoisotopic (exact) mass is 1060 g/mol. The van der Waals surface area contributed by atoms with E-state index < -0.39 is 137 Å². The topological polar surface area (TPSA) is 387 Å². The van der Waals surface area contributed by atoms with E-state index in [1.807, 2.05) is 13.8 Å². The molecule has 11 bridgehead atoms. The maximum absolute atomic E-state index is 15.3. The fraction of sp³-hybridized carbons (Fsp3) is 0.283. The molecule has 0 fully saturated rings. The van der Waals surface area contributed by atoms with Gasteiger partial charge >= 0.3 is 5.97 Å². The minimum absolute atomic E-state index is 0.00562. The average molecular weight is 1060 g/mol. The van der Waals surface area contributed by atoms with Crippen LogP contribution in [0.4, 0.5) is 0 Å². The molecule has 24 heteroatoms. The lowest BCUT2D eigenvalue weighted by Gasteiger charge is -2.31. The Morgan fingerprint density at radius 3 is 1.78 bits per heavy atom. The summed E-state index contributed by atoms with van der Waals surface area (Å²) in [6, 6.07) is 7.55. The minimum Gasteiger partial charge on any atom is -0.508 e. The van der Waals surface area contributed by atoms with Crippen LogP contribution in [0.3, 0.4) is 0 Å². The highest BCUT2D eigenvalue weighted by Gasteiger charge is 2.41. The van der Waals surface area contributed by atoms with Gasteiger partial charge in [0, 0.05) is 28.8 Å². The van der Waals surface area contributed by atoms with E-state index in [0.29, 0.717) is 6.42 Å². The zero-order valence-electron chi connectivity index (χ0n) is 41.3. The first-order valence-corrected chi connectivity index (χ1v) is 24.1. The molecule has 7 amide bonds. The summed E-state index contributed by atoms with van der Waals surface area (Å²) in [5, 5.41) is 84.9. The Kier molecular flexibility index (Phi) is 15.6. The molecule has 0 spiro atoms. The van der Waals surface area contributed by atoms with Crippen molar-refractivity contribution in [2.75, 3.05) is 7.05 Å². The second kappa shape index (κ2) is 22.3. The van der Waals surface area contributed by atoms with Crippen molar-refractivity contribution in [3.63, 3.8) is 0 Å². The van der Waals surface area contributed by atoms with E-state index in [1.165, 1.54) is 73.8 Å². The summed E-state index contributed by atoms with van der Waals surface area (Å²) >= 11 is 0. The first-order valence-electron chi connectivity index (χ1n) is 24.1. The first-order chi connectivity index (χ1) is 36.6. The number of likely N-dealkylation sites (N-methyl/N-ethyl adjacent to an activating group) is 1. The molecule has 0 radical (unpaired) electrons. The van der Waals surface area contributed by atoms with Gasteiger partial charge in [0.25, 0.3) is 0 Å². The van der Waals surface area contributed by atoms with Crippen LogP contribution in [0.5, 0.6) is 40.2 Å². The third kappa shape index (κ3) is 11.8. The van der Waals surface area contributed by atoms with E-state index in [-0.39, 0.29) is 56.7 Å². The molecule has 24 nitrogen and oxygen atoms in total. The van der Waals surface area contributed by atoms with Crippen molar-refractivity contribution in [1.29, 1.82) is 0 Å². The van der Waals surface area contributed by atoms with Crippen LogP contribution in [0.15, 0.2) is 97.1 Å². The second-order valence-electron chi connectivity index (χ2n) is 19.0. The number of aromatic hydroxyl groups is 3. The molecule has 5 aromatic rings. The largest absolute Gasteiger partial charge is 0.508 e. The van der Waals surface area contributed by atoms with Gasteiger partial charge < -0.3 is 83.1 Å². The number of aliphatic hydroxyl groups is 2. The molecular formula is C53H54N8O16. The van der Waals surface area contributed by atoms with E-state index in [2.05, 4.69) is 37.2 Å². The highest BCUT2D eigenvalue weighted by Crippen LogP contribution is 2.44. The van der Waals surface area contributed by atoms with Gasteiger partial charge in [0.1, 0.15) is 82.7 Å². The highest BCUT2D eigenvalue weighted by molar-refractivity contribution is 6.00. The Balaban J connectivity index is 1.32. The third-order valence-electron chi connectivity index (χ3n) is 13.1. The van der Waals surface area contributed by atoms with Gasteiger partial charge in [0.2, 0.25) is 41.4 Å². The number of hydrogen-bond acceptors (Lipinski definition) is 16. The lowest BCUT2D eigenvalue weighted by molar-refractivity contribution is -0.143. The van der Waals surface area contributed by atoms with Crippen LogP contribution in [-0.4, -0.2) is 109 Å². The summed E-state index contributed by atoms with van der Waals surface area (Å²) in [4.78, 5) is 113. The predicted molar refractivity (Wildman–Crippen MR) is 268 cm³/mol. The smallest absolute Gasteiger partial charge is 0.330 e. The van der Waals surface area contributed by atoms with Crippen molar-refractivity contribution in [2.45, 2.75) is 81.2 Å². The Bertz CT molecular complexity index is 3170. The number of aliphatic carboxylic acids is 1. The number of benzene rings is 5. The van der Waals surface area contributed by atoms with Crippen LogP contribution < -0.4 is 52.4 Å². The number of ether oxygens (including phenoxy) is 2. The zero-order valence-corrected chi connectivity index (χ0v) is 41.3. The predicted octanol–water partition coefficient (Wildman–Crippen LogP) is 1.38. The molecule has 0 aromatic heterocycles. The molecule has 15 N–H and O–H groups in total. The normalized spacial score (nSPS) is 22.8. The summed E-state index contributed by atoms with van der Waals surface area (Å²) in [5.41, 5.74) is 4.15. The molecule has 5 aliphatic rings. The number of hydrogen-bond donors (Lipinski definition) is 14. The van der Waals surface area contributed by atoms with Crippen molar-refractivity contribution in [2.24, 2.45) is 11.7 Å². The van der Waals surface area contributed by atoms with Gasteiger partial charge in [-0.2, -0.15) is 0 Å². The van der Waals surface area contributed by atoms with E-state index in [0.717, 1.165) is 30.3 Å². The molecular weight excluding hydrogens is 1000 g/mol. The number of phenolic OH excluding ortho intramolecular Hbond substituents is 3. The number of aliphatic hydroxyl groups excluding tert-OH is 2. The van der Waals surface area contributed by atoms with Crippen LogP contribution in [-0.2, 0) is 38.4 Å². The van der Waals surface area contributed by atoms with E-state index in [1.54, 1.807) is 0 Å². The Labute approximate surface area is 438 Å². The van der Waals surface area contributed by atoms with E-state index >= 15 is 4.79 Å². The van der Waals surface area contributed by atoms with Gasteiger partial charge in [-0.1, -0.05) is 44.2 Å². The Hall–Kier alpha value is -9.26. The van der Waals surface area contributed by atoms with E-state index in [9.17, 15) is 64.2 Å². The summed E-state index contributed by atoms with van der Waals surface area (Å²) in [6.45, 7) is 3.74. The van der Waals surface area contributed by atoms with Crippen LogP contribution in [0.2, 0.25) is 0 Å². The molecule has 0 saturated heterocycles. The number of rotatable bonds is 8. The molecule has 5 aromatic carbocycles. The fourth-order valence-corrected chi connectivity index (χ4v) is 9.23. The minimum atomic E-state index is -2.11. The Morgan fingerprint density at radius 2 is 1.19 bits per heavy atom. The number of primary amides is 1. The average Bonchev–Trinajstić information content (AvgIpc) is 3.42. The number of carboxylic acids is 1. The number of carbonyl (C=O) groups excluding carboxylic acids is 7. The number of amides is 7. The maximum atomic E-state index is 15.3. The zero-order chi connectivity index (χ0) is 55.6. The molecule has 77 heavy (non-hydrogen) atoms. The number of fused-ring (bicyclic) bond motifs is 15. The maximum Gasteiger partial charge on any atom is 0.330 e. The standard InChI is InChI=1S/C53H54N8O16/c1-22(2)14-34(55-3)47(68)60-43-45(66)23-4-9-28(10-5-23)76-30-15-26-16-31(20-30)77-29-11-6-24(7-12-29)46(67)44-52(73)59-42(53(74)75)33-18-27(62)19-37(64)39(33)32-17-25(8-13-36(32)63)40(49(70)61-44)58-50(71)41(26)57-48(69)35(21-38(54)65)56-51(43)72/h4-13,15-20,22,34-35,40-46,55,62-64,66-67H,14,21H2,1-3H3,(H2,54,65)(H,56,72)(H,57,69)(H,58,71)(H,59,73)(H,60,68)(H,61,70)(H,74,75)/t34-,35+,40-,41-,42+,43-,44+,45-,46-/m1/s1. The van der Waals surface area contributed by atoms with Gasteiger partial charge in [0.15, 0.2) is 6.04 Å². The number of nitrogens with two attached hydrogens (primary N) is 1. The quantitative estimate of drug-likeness (QED) is 0.104. The van der Waals surface area contributed by atoms with Crippen LogP contribution >= 0.6 is 0 Å². The van der Waals surface area contributed by atoms with Crippen molar-refractivity contribution in [3.8, 4) is 51.4 Å². The number of nitrogens with one attached hydrogen (secondary N) is 7. The second-order valence-corrected chi connectivity index (χ2v) is 19.0. The molecule has 0 unspecified atom stereocenters. The van der Waals surface area contributed by atoms with Gasteiger partial charge in [-0.3, -0.25) is 33.6 Å². The van der Waals surface area contributed by atoms with Crippen molar-refractivity contribution >= 4 is 47.3 Å². The van der Waals surface area contributed by atoms with Crippen molar-refractivity contribution in [1.82, 2.24) is 37.2 Å². The molecule has 9 atom stereocenters. The van der Waals surface area contributed by atoms with E-state index in [4.69, 9.17) is 15.2 Å². The molecule has 0 saturated carbocycles. The van der Waals surface area contributed by atoms with Gasteiger partial charge in [0.05, 0.1) is 12.5 Å². The molecule has 402 valence electrons. The van der Waals surface area contributed by atoms with Crippen LogP contribution in [0, 0.1) is 5.92 Å². The third-order valence-corrected chi connectivity index (χ3v) is 13.1. The van der Waals surface area contributed by atoms with Crippen LogP contribution in [0.25, 0.3) is 11.1 Å². The molecule has 5 aliphatic heterocycles. The summed E-state index contributed by atoms with van der Waals surface area (Å²) in [7, 11) is 1.53. The Morgan fingerprint density at radius 1 is 0.623 bits per heavy atom. The van der Waals surface area contributed by atoms with Crippen molar-refractivity contribution in [3.05, 3.63) is 125 Å². The first kappa shape index (κ1) is 54.0. The fourth-order valence-electron chi connectivity index (χ4n) is 9.23. The van der Waals surface area contributed by atoms with Gasteiger partial charge in [-0.15, -0.1) is 0 Å². The van der Waals surface area contributed by atoms with Crippen molar-refractivity contribution < 1.29 is 78.5 Å². The number of phenols is 3. The summed E-state index contributed by atoms with van der Waals surface area (Å²) in [5.74, 6) is -11.6. The molecule has 0 aliphatic carbocycles. The van der Waals surface area contributed by atoms with Crippen LogP contribution in [0.1, 0.15) is 84.8 Å². The van der Waals surface area contributed by atoms with Gasteiger partial charge in [-0.25, -0.2) is 4.79 Å². The highest BCUT2D eigenvalue weighted by atomic mass is 16.5. The molecule has 10 rings (SSSR count). The SMILES string of the molecule is CN[C@H](CC(C)C)C(=O)N[C@H]1C(=O)N[C@@H](CC(N)=O)C(=O)N[C@H]2C(=O)N[C@H]3C(=O)N[C@H](C(=O)N[C@H](C(=O)O)c4cc(O)cc(O)c4-c4cc3ccc4O)[C@H](O)c3ccc(cc3)Oc3cc(cc2c3)Oc2ccc(cc2)[C@H]1O. The lowest BCUT2D eigenvalue weighted by atomic mass is 9.89. The summed E-state index contributed by atoms with van der Waals surface area (Å²) in [6.07, 6.45) is -4.33.